The minimum Gasteiger partial charge on any atom is -0.277 e. The zero-order chi connectivity index (χ0) is 18.7. The minimum atomic E-state index is -0.288. The van der Waals surface area contributed by atoms with Gasteiger partial charge in [0.2, 0.25) is 0 Å². The van der Waals surface area contributed by atoms with Crippen molar-refractivity contribution in [2.75, 3.05) is 5.43 Å². The lowest BCUT2D eigenvalue weighted by Gasteiger charge is -2.29. The number of aliphatic imine (C=N–C) groups is 1. The van der Waals surface area contributed by atoms with Crippen molar-refractivity contribution in [3.05, 3.63) is 83.9 Å². The highest BCUT2D eigenvalue weighted by Crippen LogP contribution is 2.21. The predicted octanol–water partition coefficient (Wildman–Crippen LogP) is 5.02. The summed E-state index contributed by atoms with van der Waals surface area (Å²) in [6, 6.07) is 16.5. The van der Waals surface area contributed by atoms with Gasteiger partial charge in [-0.25, -0.2) is 4.39 Å². The number of benzene rings is 2. The normalized spacial score (nSPS) is 11.6. The molecule has 0 saturated heterocycles. The van der Waals surface area contributed by atoms with Gasteiger partial charge in [-0.1, -0.05) is 56.0 Å². The zero-order valence-corrected chi connectivity index (χ0v) is 15.3. The van der Waals surface area contributed by atoms with E-state index in [1.807, 2.05) is 53.8 Å². The molecule has 0 saturated carbocycles. The highest BCUT2D eigenvalue weighted by molar-refractivity contribution is 6.03. The summed E-state index contributed by atoms with van der Waals surface area (Å²) in [6.45, 7) is 8.15. The van der Waals surface area contributed by atoms with Crippen molar-refractivity contribution in [1.82, 2.24) is 9.47 Å². The molecule has 1 N–H and O–H groups in total. The van der Waals surface area contributed by atoms with Crippen LogP contribution < -0.4 is 5.43 Å². The van der Waals surface area contributed by atoms with Crippen molar-refractivity contribution in [3.8, 4) is 0 Å². The van der Waals surface area contributed by atoms with Crippen LogP contribution in [0.3, 0.4) is 0 Å². The highest BCUT2D eigenvalue weighted by atomic mass is 19.1. The fraction of sp³-hybridized carbons (Fsp3) is 0.190. The minimum absolute atomic E-state index is 0.288. The molecule has 0 aliphatic rings. The van der Waals surface area contributed by atoms with Gasteiger partial charge in [-0.05, 0) is 31.0 Å². The summed E-state index contributed by atoms with van der Waals surface area (Å²) in [5, 5.41) is 0. The second-order valence-corrected chi connectivity index (χ2v) is 6.09. The van der Waals surface area contributed by atoms with Crippen LogP contribution in [-0.4, -0.2) is 15.2 Å². The Labute approximate surface area is 153 Å². The number of aromatic nitrogens is 2. The second kappa shape index (κ2) is 7.44. The van der Waals surface area contributed by atoms with E-state index in [1.54, 1.807) is 18.2 Å². The molecule has 0 spiro atoms. The molecule has 1 aromatic heterocycles. The lowest BCUT2D eigenvalue weighted by molar-refractivity contribution is 0.510. The van der Waals surface area contributed by atoms with Crippen molar-refractivity contribution in [1.29, 1.82) is 0 Å². The first kappa shape index (κ1) is 17.7. The van der Waals surface area contributed by atoms with Crippen molar-refractivity contribution in [2.45, 2.75) is 20.3 Å². The van der Waals surface area contributed by atoms with E-state index in [2.05, 4.69) is 18.9 Å². The summed E-state index contributed by atoms with van der Waals surface area (Å²) in [5.74, 6) is -0.288. The molecular weight excluding hydrogens is 327 g/mol. The first-order valence-electron chi connectivity index (χ1n) is 8.61. The molecule has 3 aromatic rings. The van der Waals surface area contributed by atoms with Gasteiger partial charge in [0, 0.05) is 7.05 Å². The molecule has 134 valence electrons. The Kier molecular flexibility index (Phi) is 5.07. The van der Waals surface area contributed by atoms with Crippen LogP contribution in [0.2, 0.25) is 0 Å². The smallest absolute Gasteiger partial charge is 0.148 e. The molecule has 2 aromatic carbocycles. The number of hydrogen-bond donors (Lipinski definition) is 1. The Balaban J connectivity index is 1.88. The van der Waals surface area contributed by atoms with Gasteiger partial charge in [0.15, 0.2) is 0 Å². The molecule has 0 fully saturated rings. The maximum atomic E-state index is 13.9. The van der Waals surface area contributed by atoms with E-state index in [1.165, 1.54) is 6.07 Å². The molecule has 3 rings (SSSR count). The summed E-state index contributed by atoms with van der Waals surface area (Å²) in [5.41, 5.74) is 8.21. The fourth-order valence-corrected chi connectivity index (χ4v) is 2.99. The average molecular weight is 350 g/mol. The largest absolute Gasteiger partial charge is 0.277 e. The van der Waals surface area contributed by atoms with Gasteiger partial charge in [0.1, 0.15) is 11.5 Å². The van der Waals surface area contributed by atoms with E-state index in [9.17, 15) is 4.39 Å². The van der Waals surface area contributed by atoms with Gasteiger partial charge in [-0.2, -0.15) is 4.79 Å². The van der Waals surface area contributed by atoms with Gasteiger partial charge >= 0.3 is 0 Å². The summed E-state index contributed by atoms with van der Waals surface area (Å²) in [6.07, 6.45) is 0.774. The molecule has 26 heavy (non-hydrogen) atoms. The van der Waals surface area contributed by atoms with E-state index < -0.39 is 0 Å². The number of nitrogens with one attached hydrogen (secondary N) is 1. The molecule has 0 amide bonds. The predicted molar refractivity (Wildman–Crippen MR) is 106 cm³/mol. The second-order valence-electron chi connectivity index (χ2n) is 6.09. The Morgan fingerprint density at radius 3 is 2.38 bits per heavy atom. The number of anilines is 1. The van der Waals surface area contributed by atoms with Crippen LogP contribution in [0, 0.1) is 12.7 Å². The number of nitrogens with zero attached hydrogens (tertiary/aromatic N) is 3. The number of rotatable bonds is 6. The van der Waals surface area contributed by atoms with Crippen LogP contribution in [0.25, 0.3) is 5.70 Å². The van der Waals surface area contributed by atoms with Gasteiger partial charge < -0.3 is 0 Å². The van der Waals surface area contributed by atoms with Crippen LogP contribution in [0.1, 0.15) is 30.3 Å². The number of hydrogen-bond acceptors (Lipinski definition) is 2. The van der Waals surface area contributed by atoms with Gasteiger partial charge in [0.05, 0.1) is 22.8 Å². The van der Waals surface area contributed by atoms with E-state index in [-0.39, 0.29) is 5.82 Å². The van der Waals surface area contributed by atoms with Crippen LogP contribution in [0.5, 0.6) is 0 Å². The van der Waals surface area contributed by atoms with Crippen LogP contribution in [-0.2, 0) is 7.05 Å². The molecule has 0 bridgehead atoms. The molecule has 4 nitrogen and oxygen atoms in total. The number of para-hydroxylation sites is 1. The van der Waals surface area contributed by atoms with Gasteiger partial charge in [0.25, 0.3) is 0 Å². The average Bonchev–Trinajstić information content (AvgIpc) is 2.67. The maximum absolute atomic E-state index is 13.9. The molecule has 0 atom stereocenters. The third kappa shape index (κ3) is 3.33. The fourth-order valence-electron chi connectivity index (χ4n) is 2.99. The first-order valence-corrected chi connectivity index (χ1v) is 8.61. The number of halogens is 1. The van der Waals surface area contributed by atoms with Crippen LogP contribution in [0.15, 0.2) is 66.2 Å². The Bertz CT molecular complexity index is 930. The Hall–Kier alpha value is -3.08. The first-order chi connectivity index (χ1) is 12.5. The molecule has 0 aliphatic heterocycles. The Morgan fingerprint density at radius 1 is 1.12 bits per heavy atom. The molecular formula is C21H23FN4. The zero-order valence-electron chi connectivity index (χ0n) is 15.3. The SMILES string of the molecule is C=C(/N=C(\CC)c1c(C)n(Nc2ccccc2F)n1C)c1ccccc1. The summed E-state index contributed by atoms with van der Waals surface area (Å²) in [7, 11) is 1.92. The quantitative estimate of drug-likeness (QED) is 0.622. The summed E-state index contributed by atoms with van der Waals surface area (Å²) < 4.78 is 15.8. The van der Waals surface area contributed by atoms with E-state index in [0.29, 0.717) is 5.69 Å². The lowest BCUT2D eigenvalue weighted by Crippen LogP contribution is -2.35. The standard InChI is InChI=1S/C21H23FN4/c1-5-19(23-15(2)17-11-7-6-8-12-17)21-16(3)26(25(21)4)24-20-14-10-9-13-18(20)22/h6-14,24H,2,5H2,1,3-4H3/b23-19+. The molecule has 1 heterocycles. The van der Waals surface area contributed by atoms with Crippen molar-refractivity contribution >= 4 is 17.1 Å². The summed E-state index contributed by atoms with van der Waals surface area (Å²) >= 11 is 0. The van der Waals surface area contributed by atoms with Gasteiger partial charge in [-0.15, -0.1) is 0 Å². The van der Waals surface area contributed by atoms with Gasteiger partial charge in [-0.3, -0.25) is 15.1 Å². The Morgan fingerprint density at radius 2 is 1.77 bits per heavy atom. The van der Waals surface area contributed by atoms with Crippen molar-refractivity contribution < 1.29 is 4.39 Å². The lowest BCUT2D eigenvalue weighted by atomic mass is 10.1. The highest BCUT2D eigenvalue weighted by Gasteiger charge is 2.20. The third-order valence-corrected chi connectivity index (χ3v) is 4.37. The molecule has 0 radical (unpaired) electrons. The van der Waals surface area contributed by atoms with E-state index in [4.69, 9.17) is 4.99 Å². The molecule has 0 unspecified atom stereocenters. The van der Waals surface area contributed by atoms with Crippen molar-refractivity contribution in [2.24, 2.45) is 12.0 Å². The molecule has 0 aliphatic carbocycles. The van der Waals surface area contributed by atoms with Crippen molar-refractivity contribution in [3.63, 3.8) is 0 Å². The monoisotopic (exact) mass is 350 g/mol. The molecule has 5 heteroatoms. The van der Waals surface area contributed by atoms with E-state index >= 15 is 0 Å². The third-order valence-electron chi connectivity index (χ3n) is 4.37. The summed E-state index contributed by atoms with van der Waals surface area (Å²) in [4.78, 5) is 6.55. The van der Waals surface area contributed by atoms with Crippen LogP contribution in [0.4, 0.5) is 10.1 Å². The topological polar surface area (TPSA) is 34.2 Å². The van der Waals surface area contributed by atoms with E-state index in [0.717, 1.165) is 34.8 Å². The van der Waals surface area contributed by atoms with Crippen LogP contribution >= 0.6 is 0 Å². The maximum Gasteiger partial charge on any atom is 0.148 e.